The van der Waals surface area contributed by atoms with Crippen molar-refractivity contribution in [2.45, 2.75) is 20.4 Å². The molecule has 0 aliphatic heterocycles. The molecule has 0 saturated heterocycles. The Labute approximate surface area is 158 Å². The third kappa shape index (κ3) is 2.93. The maximum Gasteiger partial charge on any atom is 0.249 e. The summed E-state index contributed by atoms with van der Waals surface area (Å²) >= 11 is 0. The first-order valence-corrected chi connectivity index (χ1v) is 9.04. The second kappa shape index (κ2) is 6.80. The van der Waals surface area contributed by atoms with Gasteiger partial charge in [0.05, 0.1) is 24.2 Å². The van der Waals surface area contributed by atoms with Crippen molar-refractivity contribution >= 4 is 27.7 Å². The van der Waals surface area contributed by atoms with Gasteiger partial charge < -0.3 is 15.0 Å². The zero-order valence-corrected chi connectivity index (χ0v) is 15.5. The monoisotopic (exact) mass is 357 g/mol. The fourth-order valence-electron chi connectivity index (χ4n) is 3.64. The Morgan fingerprint density at radius 1 is 1.15 bits per heavy atom. The number of benzene rings is 3. The molecule has 0 saturated carbocycles. The van der Waals surface area contributed by atoms with Crippen LogP contribution in [0.3, 0.4) is 0 Å². The van der Waals surface area contributed by atoms with E-state index >= 15 is 0 Å². The molecule has 4 aromatic rings. The van der Waals surface area contributed by atoms with Crippen LogP contribution in [0.15, 0.2) is 54.6 Å². The van der Waals surface area contributed by atoms with Crippen LogP contribution in [0.25, 0.3) is 21.8 Å². The molecule has 3 aromatic carbocycles. The van der Waals surface area contributed by atoms with Crippen molar-refractivity contribution in [2.75, 3.05) is 6.61 Å². The fourth-order valence-corrected chi connectivity index (χ4v) is 3.64. The second-order valence-electron chi connectivity index (χ2n) is 6.63. The van der Waals surface area contributed by atoms with Gasteiger partial charge in [-0.3, -0.25) is 4.79 Å². The Hall–Kier alpha value is -3.27. The zero-order chi connectivity index (χ0) is 19.0. The average molecular weight is 357 g/mol. The number of primary amides is 1. The molecule has 0 spiro atoms. The molecule has 1 aromatic heterocycles. The number of rotatable bonds is 5. The van der Waals surface area contributed by atoms with E-state index in [0.29, 0.717) is 18.7 Å². The van der Waals surface area contributed by atoms with E-state index < -0.39 is 5.91 Å². The lowest BCUT2D eigenvalue weighted by molar-refractivity contribution is 0.100. The molecule has 0 aliphatic rings. The van der Waals surface area contributed by atoms with Crippen molar-refractivity contribution in [1.82, 2.24) is 4.57 Å². The summed E-state index contributed by atoms with van der Waals surface area (Å²) in [6.45, 7) is 5.27. The molecule has 0 unspecified atom stereocenters. The van der Waals surface area contributed by atoms with Crippen molar-refractivity contribution in [3.8, 4) is 5.75 Å². The predicted octanol–water partition coefficient (Wildman–Crippen LogP) is 4.45. The van der Waals surface area contributed by atoms with E-state index in [2.05, 4.69) is 22.8 Å². The summed E-state index contributed by atoms with van der Waals surface area (Å²) in [5.74, 6) is 0.445. The molecule has 2 N–H and O–H groups in total. The second-order valence-corrected chi connectivity index (χ2v) is 6.63. The van der Waals surface area contributed by atoms with E-state index in [0.717, 1.165) is 38.7 Å². The number of fused-ring (bicyclic) bond motifs is 3. The molecule has 0 fully saturated rings. The molecule has 0 aliphatic carbocycles. The number of carbonyl (C=O) groups excluding carboxylic acids is 1. The normalized spacial score (nSPS) is 11.2. The standard InChI is InChI=1S/C23H21N2O2/c1-3-27-21-10-5-4-7-16(21)14-25-19-9-6-8-18(23(24)26)22(19)17-12-11-15(2)13-20(17)25/h4-11,13H,3,14H2,1-2H3,(H2,24,26). The van der Waals surface area contributed by atoms with Gasteiger partial charge in [-0.05, 0) is 49.7 Å². The number of aryl methyl sites for hydroxylation is 1. The molecule has 0 atom stereocenters. The molecule has 0 bridgehead atoms. The summed E-state index contributed by atoms with van der Waals surface area (Å²) < 4.78 is 8.01. The number of ether oxygens (including phenoxy) is 1. The molecule has 1 heterocycles. The van der Waals surface area contributed by atoms with Gasteiger partial charge in [0, 0.05) is 21.9 Å². The molecule has 4 rings (SSSR count). The van der Waals surface area contributed by atoms with Crippen LogP contribution in [0.4, 0.5) is 0 Å². The van der Waals surface area contributed by atoms with Gasteiger partial charge in [-0.2, -0.15) is 0 Å². The number of para-hydroxylation sites is 1. The van der Waals surface area contributed by atoms with Crippen molar-refractivity contribution in [3.63, 3.8) is 0 Å². The van der Waals surface area contributed by atoms with E-state index in [1.54, 1.807) is 6.07 Å². The topological polar surface area (TPSA) is 57.2 Å². The maximum atomic E-state index is 12.0. The number of hydrogen-bond acceptors (Lipinski definition) is 2. The molecule has 1 amide bonds. The summed E-state index contributed by atoms with van der Waals surface area (Å²) in [7, 11) is 0. The summed E-state index contributed by atoms with van der Waals surface area (Å²) in [6, 6.07) is 21.1. The van der Waals surface area contributed by atoms with Gasteiger partial charge in [0.2, 0.25) is 5.91 Å². The Balaban J connectivity index is 2.01. The highest BCUT2D eigenvalue weighted by molar-refractivity contribution is 6.17. The Bertz CT molecular complexity index is 1160. The van der Waals surface area contributed by atoms with Crippen LogP contribution in [0.1, 0.15) is 28.4 Å². The van der Waals surface area contributed by atoms with Crippen molar-refractivity contribution in [1.29, 1.82) is 0 Å². The van der Waals surface area contributed by atoms with Crippen molar-refractivity contribution in [3.05, 3.63) is 77.4 Å². The van der Waals surface area contributed by atoms with Crippen LogP contribution in [0.5, 0.6) is 5.75 Å². The minimum atomic E-state index is -0.427. The van der Waals surface area contributed by atoms with Crippen molar-refractivity contribution in [2.24, 2.45) is 5.73 Å². The first-order chi connectivity index (χ1) is 13.1. The number of nitrogens with two attached hydrogens (primary N) is 1. The number of aromatic nitrogens is 1. The van der Waals surface area contributed by atoms with Gasteiger partial charge in [0.25, 0.3) is 0 Å². The quantitative estimate of drug-likeness (QED) is 0.574. The Kier molecular flexibility index (Phi) is 4.32. The van der Waals surface area contributed by atoms with Crippen LogP contribution in [-0.2, 0) is 6.54 Å². The fraction of sp³-hybridized carbons (Fsp3) is 0.174. The molecular weight excluding hydrogens is 336 g/mol. The Morgan fingerprint density at radius 3 is 2.74 bits per heavy atom. The highest BCUT2D eigenvalue weighted by Crippen LogP contribution is 2.33. The SMILES string of the molecule is CCOc1ccccc1Cn1c2cc(C)c[c]c2c2c(C(N)=O)cccc21. The summed E-state index contributed by atoms with van der Waals surface area (Å²) in [5, 5.41) is 1.77. The third-order valence-electron chi connectivity index (χ3n) is 4.81. The minimum absolute atomic E-state index is 0.427. The van der Waals surface area contributed by atoms with Crippen molar-refractivity contribution < 1.29 is 9.53 Å². The smallest absolute Gasteiger partial charge is 0.249 e. The number of hydrogen-bond donors (Lipinski definition) is 1. The average Bonchev–Trinajstić information content (AvgIpc) is 2.96. The summed E-state index contributed by atoms with van der Waals surface area (Å²) in [5.41, 5.74) is 10.4. The van der Waals surface area contributed by atoms with E-state index in [1.165, 1.54) is 0 Å². The Morgan fingerprint density at radius 2 is 1.96 bits per heavy atom. The van der Waals surface area contributed by atoms with Gasteiger partial charge in [0.15, 0.2) is 0 Å². The highest BCUT2D eigenvalue weighted by Gasteiger charge is 2.17. The molecule has 27 heavy (non-hydrogen) atoms. The lowest BCUT2D eigenvalue weighted by Gasteiger charge is -2.13. The van der Waals surface area contributed by atoms with Crippen LogP contribution in [0, 0.1) is 13.0 Å². The first kappa shape index (κ1) is 17.2. The lowest BCUT2D eigenvalue weighted by atomic mass is 10.1. The van der Waals surface area contributed by atoms with Crippen LogP contribution >= 0.6 is 0 Å². The minimum Gasteiger partial charge on any atom is -0.494 e. The number of amides is 1. The van der Waals surface area contributed by atoms with Gasteiger partial charge in [-0.15, -0.1) is 0 Å². The molecule has 1 radical (unpaired) electrons. The molecule has 135 valence electrons. The van der Waals surface area contributed by atoms with Gasteiger partial charge >= 0.3 is 0 Å². The maximum absolute atomic E-state index is 12.0. The number of nitrogens with zero attached hydrogens (tertiary/aromatic N) is 1. The number of carbonyl (C=O) groups is 1. The third-order valence-corrected chi connectivity index (χ3v) is 4.81. The first-order valence-electron chi connectivity index (χ1n) is 9.04. The van der Waals surface area contributed by atoms with Gasteiger partial charge in [-0.25, -0.2) is 0 Å². The lowest BCUT2D eigenvalue weighted by Crippen LogP contribution is -2.11. The highest BCUT2D eigenvalue weighted by atomic mass is 16.5. The summed E-state index contributed by atoms with van der Waals surface area (Å²) in [6.07, 6.45) is 0. The molecule has 4 heteroatoms. The van der Waals surface area contributed by atoms with E-state index in [4.69, 9.17) is 10.5 Å². The van der Waals surface area contributed by atoms with Crippen LogP contribution in [0.2, 0.25) is 0 Å². The molecule has 4 nitrogen and oxygen atoms in total. The van der Waals surface area contributed by atoms with Gasteiger partial charge in [-0.1, -0.05) is 30.3 Å². The van der Waals surface area contributed by atoms with E-state index in [-0.39, 0.29) is 0 Å². The van der Waals surface area contributed by atoms with E-state index in [1.807, 2.05) is 50.2 Å². The zero-order valence-electron chi connectivity index (χ0n) is 15.5. The van der Waals surface area contributed by atoms with Crippen LogP contribution < -0.4 is 10.5 Å². The van der Waals surface area contributed by atoms with E-state index in [9.17, 15) is 4.79 Å². The van der Waals surface area contributed by atoms with Crippen LogP contribution in [-0.4, -0.2) is 17.1 Å². The summed E-state index contributed by atoms with van der Waals surface area (Å²) in [4.78, 5) is 12.0. The molecular formula is C23H21N2O2. The van der Waals surface area contributed by atoms with Gasteiger partial charge in [0.1, 0.15) is 5.75 Å². The largest absolute Gasteiger partial charge is 0.494 e. The predicted molar refractivity (Wildman–Crippen MR) is 108 cm³/mol.